The highest BCUT2D eigenvalue weighted by molar-refractivity contribution is 5.20. The highest BCUT2D eigenvalue weighted by Crippen LogP contribution is 2.78. The van der Waals surface area contributed by atoms with Crippen LogP contribution in [0, 0.1) is 56.7 Å². The van der Waals surface area contributed by atoms with Crippen LogP contribution in [0.1, 0.15) is 120 Å². The zero-order valence-electron chi connectivity index (χ0n) is 22.4. The molecule has 0 aromatic heterocycles. The van der Waals surface area contributed by atoms with Gasteiger partial charge in [0.2, 0.25) is 0 Å². The molecule has 5 aliphatic carbocycles. The Morgan fingerprint density at radius 1 is 0.688 bits per heavy atom. The van der Waals surface area contributed by atoms with Crippen LogP contribution in [0.2, 0.25) is 0 Å². The maximum Gasteiger partial charge on any atom is 0.0647 e. The van der Waals surface area contributed by atoms with Gasteiger partial charge in [-0.3, -0.25) is 0 Å². The second kappa shape index (κ2) is 6.77. The minimum atomic E-state index is -0.796. The van der Waals surface area contributed by atoms with E-state index >= 15 is 0 Å². The first-order valence-corrected chi connectivity index (χ1v) is 14.0. The van der Waals surface area contributed by atoms with Crippen LogP contribution in [-0.4, -0.2) is 21.9 Å². The summed E-state index contributed by atoms with van der Waals surface area (Å²) in [5.74, 6) is 2.87. The normalized spacial score (nSPS) is 57.2. The Labute approximate surface area is 198 Å². The van der Waals surface area contributed by atoms with Crippen molar-refractivity contribution in [3.8, 4) is 0 Å². The van der Waals surface area contributed by atoms with Crippen molar-refractivity contribution in [1.82, 2.24) is 0 Å². The van der Waals surface area contributed by atoms with Crippen LogP contribution in [0.4, 0.5) is 0 Å². The lowest BCUT2D eigenvalue weighted by Gasteiger charge is -2.73. The molecule has 2 N–H and O–H groups in total. The zero-order chi connectivity index (χ0) is 23.5. The fourth-order valence-electron chi connectivity index (χ4n) is 12.3. The fourth-order valence-corrected chi connectivity index (χ4v) is 12.3. The van der Waals surface area contributed by atoms with Crippen LogP contribution in [0.5, 0.6) is 0 Å². The molecule has 0 amide bonds. The van der Waals surface area contributed by atoms with Crippen molar-refractivity contribution >= 4 is 0 Å². The van der Waals surface area contributed by atoms with Gasteiger partial charge < -0.3 is 10.2 Å². The first kappa shape index (κ1) is 23.7. The van der Waals surface area contributed by atoms with Crippen LogP contribution >= 0.6 is 0 Å². The van der Waals surface area contributed by atoms with Crippen molar-refractivity contribution in [3.63, 3.8) is 0 Å². The molecule has 0 heterocycles. The molecule has 0 bridgehead atoms. The summed E-state index contributed by atoms with van der Waals surface area (Å²) in [5.41, 5.74) is 1.10. The van der Waals surface area contributed by atoms with Gasteiger partial charge in [-0.1, -0.05) is 48.0 Å². The van der Waals surface area contributed by atoms with Crippen LogP contribution in [0.15, 0.2) is 0 Å². The van der Waals surface area contributed by atoms with Gasteiger partial charge in [-0.15, -0.1) is 0 Å². The molecule has 5 rings (SSSR count). The minimum Gasteiger partial charge on any atom is -0.393 e. The molecular weight excluding hydrogens is 392 g/mol. The maximum absolute atomic E-state index is 11.2. The van der Waals surface area contributed by atoms with Crippen molar-refractivity contribution < 1.29 is 10.2 Å². The fraction of sp³-hybridized carbons (Fsp3) is 1.00. The molecule has 184 valence electrons. The highest BCUT2D eigenvalue weighted by atomic mass is 16.3. The van der Waals surface area contributed by atoms with E-state index in [0.717, 1.165) is 18.3 Å². The van der Waals surface area contributed by atoms with Crippen LogP contribution in [-0.2, 0) is 0 Å². The third kappa shape index (κ3) is 2.78. The Kier molecular flexibility index (Phi) is 5.01. The average Bonchev–Trinajstić information content (AvgIpc) is 2.91. The quantitative estimate of drug-likeness (QED) is 0.448. The molecule has 0 saturated heterocycles. The molecule has 5 fully saturated rings. The van der Waals surface area contributed by atoms with E-state index in [-0.39, 0.29) is 17.4 Å². The summed E-state index contributed by atoms with van der Waals surface area (Å²) in [4.78, 5) is 0. The summed E-state index contributed by atoms with van der Waals surface area (Å²) in [6, 6.07) is 0. The molecule has 0 aliphatic heterocycles. The SMILES string of the molecule is CC(C)(O)C1C(O)CC2(C)C1CCC1(C)C2CCC2C3(C)CCCC(C)(C)C3CCC21C. The van der Waals surface area contributed by atoms with E-state index in [4.69, 9.17) is 0 Å². The summed E-state index contributed by atoms with van der Waals surface area (Å²) in [6.07, 6.45) is 12.8. The van der Waals surface area contributed by atoms with Gasteiger partial charge in [0.15, 0.2) is 0 Å². The molecule has 2 heteroatoms. The van der Waals surface area contributed by atoms with Crippen LogP contribution in [0.3, 0.4) is 0 Å². The van der Waals surface area contributed by atoms with E-state index in [9.17, 15) is 10.2 Å². The maximum atomic E-state index is 11.2. The van der Waals surface area contributed by atoms with Crippen LogP contribution in [0.25, 0.3) is 0 Å². The smallest absolute Gasteiger partial charge is 0.0647 e. The molecule has 32 heavy (non-hydrogen) atoms. The molecule has 2 nitrogen and oxygen atoms in total. The summed E-state index contributed by atoms with van der Waals surface area (Å²) < 4.78 is 0. The van der Waals surface area contributed by atoms with Gasteiger partial charge in [-0.2, -0.15) is 0 Å². The van der Waals surface area contributed by atoms with Crippen molar-refractivity contribution in [2.24, 2.45) is 56.7 Å². The number of aliphatic hydroxyl groups is 2. The topological polar surface area (TPSA) is 40.5 Å². The molecule has 5 aliphatic rings. The first-order chi connectivity index (χ1) is 14.6. The molecule has 0 aromatic carbocycles. The largest absolute Gasteiger partial charge is 0.393 e. The molecular formula is C30H52O2. The number of rotatable bonds is 1. The second-order valence-corrected chi connectivity index (χ2v) is 15.6. The lowest BCUT2D eigenvalue weighted by atomic mass is 9.32. The Bertz CT molecular complexity index is 765. The second-order valence-electron chi connectivity index (χ2n) is 15.6. The molecule has 5 saturated carbocycles. The van der Waals surface area contributed by atoms with Gasteiger partial charge in [-0.05, 0) is 122 Å². The lowest BCUT2D eigenvalue weighted by Crippen LogP contribution is -2.66. The number of fused-ring (bicyclic) bond motifs is 7. The first-order valence-electron chi connectivity index (χ1n) is 14.0. The zero-order valence-corrected chi connectivity index (χ0v) is 22.4. The monoisotopic (exact) mass is 444 g/mol. The standard InChI is InChI=1S/C30H52O2/c1-25(2)14-9-15-27(5)21(25)13-17-30(8)22(27)10-11-23-28(6)18-20(31)24(26(3,4)32)19(28)12-16-29(23,30)7/h19-24,31-32H,9-18H2,1-8H3. The summed E-state index contributed by atoms with van der Waals surface area (Å²) >= 11 is 0. The van der Waals surface area contributed by atoms with E-state index in [2.05, 4.69) is 41.5 Å². The van der Waals surface area contributed by atoms with Crippen molar-refractivity contribution in [2.75, 3.05) is 0 Å². The lowest BCUT2D eigenvalue weighted by molar-refractivity contribution is -0.243. The van der Waals surface area contributed by atoms with Crippen molar-refractivity contribution in [3.05, 3.63) is 0 Å². The van der Waals surface area contributed by atoms with Gasteiger partial charge in [-0.25, -0.2) is 0 Å². The van der Waals surface area contributed by atoms with E-state index in [0.29, 0.717) is 33.5 Å². The van der Waals surface area contributed by atoms with Gasteiger partial charge in [0.25, 0.3) is 0 Å². The van der Waals surface area contributed by atoms with Gasteiger partial charge in [0.1, 0.15) is 0 Å². The average molecular weight is 445 g/mol. The number of hydrogen-bond donors (Lipinski definition) is 2. The Morgan fingerprint density at radius 2 is 1.25 bits per heavy atom. The van der Waals surface area contributed by atoms with E-state index in [1.807, 2.05) is 13.8 Å². The third-order valence-corrected chi connectivity index (χ3v) is 13.5. The molecule has 0 aromatic rings. The number of hydrogen-bond acceptors (Lipinski definition) is 2. The summed E-state index contributed by atoms with van der Waals surface area (Å²) in [5, 5.41) is 22.2. The predicted molar refractivity (Wildman–Crippen MR) is 132 cm³/mol. The van der Waals surface area contributed by atoms with Crippen molar-refractivity contribution in [1.29, 1.82) is 0 Å². The van der Waals surface area contributed by atoms with Gasteiger partial charge in [0, 0.05) is 5.92 Å². The van der Waals surface area contributed by atoms with E-state index < -0.39 is 5.60 Å². The minimum absolute atomic E-state index is 0.0231. The Morgan fingerprint density at radius 3 is 1.84 bits per heavy atom. The number of aliphatic hydroxyl groups excluding tert-OH is 1. The van der Waals surface area contributed by atoms with E-state index in [1.165, 1.54) is 57.8 Å². The molecule has 10 unspecified atom stereocenters. The predicted octanol–water partition coefficient (Wildman–Crippen LogP) is 7.22. The van der Waals surface area contributed by atoms with Crippen molar-refractivity contribution in [2.45, 2.75) is 131 Å². The summed E-state index contributed by atoms with van der Waals surface area (Å²) in [7, 11) is 0. The third-order valence-electron chi connectivity index (χ3n) is 13.5. The molecule has 10 atom stereocenters. The Balaban J connectivity index is 1.53. The molecule has 0 radical (unpaired) electrons. The van der Waals surface area contributed by atoms with Gasteiger partial charge in [0.05, 0.1) is 11.7 Å². The van der Waals surface area contributed by atoms with E-state index in [1.54, 1.807) is 0 Å². The highest BCUT2D eigenvalue weighted by Gasteiger charge is 2.71. The van der Waals surface area contributed by atoms with Gasteiger partial charge >= 0.3 is 0 Å². The summed E-state index contributed by atoms with van der Waals surface area (Å²) in [6.45, 7) is 19.6. The van der Waals surface area contributed by atoms with Crippen LogP contribution < -0.4 is 0 Å². The Hall–Kier alpha value is -0.0800. The molecule has 0 spiro atoms.